The third kappa shape index (κ3) is 2.33. The van der Waals surface area contributed by atoms with Gasteiger partial charge in [0.2, 0.25) is 0 Å². The fourth-order valence-corrected chi connectivity index (χ4v) is 1.45. The molecule has 0 bridgehead atoms. The van der Waals surface area contributed by atoms with E-state index < -0.39 is 0 Å². The predicted molar refractivity (Wildman–Crippen MR) is 66.5 cm³/mol. The van der Waals surface area contributed by atoms with Gasteiger partial charge in [0.1, 0.15) is 5.84 Å². The van der Waals surface area contributed by atoms with Gasteiger partial charge in [-0.3, -0.25) is 4.99 Å². The van der Waals surface area contributed by atoms with Gasteiger partial charge in [0.25, 0.3) is 0 Å². The van der Waals surface area contributed by atoms with Gasteiger partial charge in [-0.05, 0) is 25.1 Å². The Bertz CT molecular complexity index is 389. The summed E-state index contributed by atoms with van der Waals surface area (Å²) in [7, 11) is 0. The zero-order valence-corrected chi connectivity index (χ0v) is 9.34. The zero-order valence-electron chi connectivity index (χ0n) is 8.53. The van der Waals surface area contributed by atoms with Crippen molar-refractivity contribution >= 4 is 29.6 Å². The SMILES string of the molecule is C[C@H]1CN=C(c2ccc(N)c(N)c2)N1.Cl. The van der Waals surface area contributed by atoms with Crippen molar-refractivity contribution in [1.29, 1.82) is 0 Å². The van der Waals surface area contributed by atoms with E-state index in [0.29, 0.717) is 17.4 Å². The molecule has 0 saturated heterocycles. The number of nitrogens with two attached hydrogens (primary N) is 2. The summed E-state index contributed by atoms with van der Waals surface area (Å²) >= 11 is 0. The van der Waals surface area contributed by atoms with Crippen molar-refractivity contribution in [2.24, 2.45) is 4.99 Å². The number of aliphatic imine (C=N–C) groups is 1. The lowest BCUT2D eigenvalue weighted by Gasteiger charge is -2.07. The highest BCUT2D eigenvalue weighted by atomic mass is 35.5. The Labute approximate surface area is 95.2 Å². The normalized spacial score (nSPS) is 19.0. The Balaban J connectivity index is 0.00000112. The van der Waals surface area contributed by atoms with Gasteiger partial charge >= 0.3 is 0 Å². The first-order chi connectivity index (χ1) is 6.66. The number of amidine groups is 1. The number of rotatable bonds is 1. The second-order valence-corrected chi connectivity index (χ2v) is 3.58. The van der Waals surface area contributed by atoms with Crippen LogP contribution in [0.4, 0.5) is 11.4 Å². The van der Waals surface area contributed by atoms with E-state index in [4.69, 9.17) is 11.5 Å². The fourth-order valence-electron chi connectivity index (χ4n) is 1.45. The number of nitrogens with one attached hydrogen (secondary N) is 1. The molecular formula is C10H15ClN4. The molecule has 15 heavy (non-hydrogen) atoms. The molecule has 1 aliphatic rings. The molecule has 1 atom stereocenters. The summed E-state index contributed by atoms with van der Waals surface area (Å²) in [5, 5.41) is 3.27. The summed E-state index contributed by atoms with van der Waals surface area (Å²) in [6.45, 7) is 2.91. The van der Waals surface area contributed by atoms with Crippen molar-refractivity contribution in [3.63, 3.8) is 0 Å². The zero-order chi connectivity index (χ0) is 10.1. The lowest BCUT2D eigenvalue weighted by Crippen LogP contribution is -2.27. The monoisotopic (exact) mass is 226 g/mol. The van der Waals surface area contributed by atoms with Crippen molar-refractivity contribution < 1.29 is 0 Å². The number of anilines is 2. The number of hydrogen-bond donors (Lipinski definition) is 3. The Kier molecular flexibility index (Phi) is 3.42. The molecule has 0 aliphatic carbocycles. The highest BCUT2D eigenvalue weighted by molar-refractivity contribution is 6.01. The fraction of sp³-hybridized carbons (Fsp3) is 0.300. The lowest BCUT2D eigenvalue weighted by molar-refractivity contribution is 0.726. The summed E-state index contributed by atoms with van der Waals surface area (Å²) in [5.74, 6) is 0.907. The summed E-state index contributed by atoms with van der Waals surface area (Å²) < 4.78 is 0. The minimum absolute atomic E-state index is 0. The van der Waals surface area contributed by atoms with Crippen LogP contribution < -0.4 is 16.8 Å². The van der Waals surface area contributed by atoms with E-state index in [1.165, 1.54) is 0 Å². The average molecular weight is 227 g/mol. The molecule has 5 N–H and O–H groups in total. The molecule has 0 amide bonds. The summed E-state index contributed by atoms with van der Waals surface area (Å²) in [5.41, 5.74) is 13.6. The first kappa shape index (κ1) is 11.7. The molecular weight excluding hydrogens is 212 g/mol. The third-order valence-electron chi connectivity index (χ3n) is 2.27. The van der Waals surface area contributed by atoms with Gasteiger partial charge in [0, 0.05) is 11.6 Å². The topological polar surface area (TPSA) is 76.4 Å². The maximum atomic E-state index is 5.72. The molecule has 82 valence electrons. The molecule has 0 fully saturated rings. The van der Waals surface area contributed by atoms with E-state index >= 15 is 0 Å². The van der Waals surface area contributed by atoms with Crippen molar-refractivity contribution in [2.75, 3.05) is 18.0 Å². The van der Waals surface area contributed by atoms with Crippen LogP contribution >= 0.6 is 12.4 Å². The smallest absolute Gasteiger partial charge is 0.128 e. The first-order valence-electron chi connectivity index (χ1n) is 4.63. The predicted octanol–water partition coefficient (Wildman–Crippen LogP) is 1.01. The number of hydrogen-bond acceptors (Lipinski definition) is 4. The molecule has 1 aliphatic heterocycles. The van der Waals surface area contributed by atoms with Crippen LogP contribution in [0.15, 0.2) is 23.2 Å². The van der Waals surface area contributed by atoms with Crippen molar-refractivity contribution in [3.8, 4) is 0 Å². The molecule has 0 radical (unpaired) electrons. The molecule has 1 aromatic rings. The van der Waals surface area contributed by atoms with Gasteiger partial charge in [0.15, 0.2) is 0 Å². The van der Waals surface area contributed by atoms with Gasteiger partial charge in [-0.2, -0.15) is 0 Å². The van der Waals surface area contributed by atoms with Gasteiger partial charge in [-0.1, -0.05) is 0 Å². The van der Waals surface area contributed by atoms with Crippen molar-refractivity contribution in [1.82, 2.24) is 5.32 Å². The molecule has 1 heterocycles. The van der Waals surface area contributed by atoms with Crippen LogP contribution in [-0.2, 0) is 0 Å². The van der Waals surface area contributed by atoms with Gasteiger partial charge in [0.05, 0.1) is 17.9 Å². The Morgan fingerprint density at radius 1 is 1.33 bits per heavy atom. The summed E-state index contributed by atoms with van der Waals surface area (Å²) in [6.07, 6.45) is 0. The molecule has 0 aromatic heterocycles. The van der Waals surface area contributed by atoms with Crippen molar-refractivity contribution in [2.45, 2.75) is 13.0 Å². The molecule has 0 saturated carbocycles. The average Bonchev–Trinajstić information content (AvgIpc) is 2.57. The van der Waals surface area contributed by atoms with E-state index in [1.54, 1.807) is 6.07 Å². The highest BCUT2D eigenvalue weighted by Crippen LogP contribution is 2.17. The first-order valence-corrected chi connectivity index (χ1v) is 4.63. The van der Waals surface area contributed by atoms with Crippen LogP contribution in [0, 0.1) is 0 Å². The maximum Gasteiger partial charge on any atom is 0.128 e. The van der Waals surface area contributed by atoms with Crippen LogP contribution in [0.1, 0.15) is 12.5 Å². The number of benzene rings is 1. The van der Waals surface area contributed by atoms with E-state index in [9.17, 15) is 0 Å². The van der Waals surface area contributed by atoms with Crippen LogP contribution in [0.2, 0.25) is 0 Å². The minimum Gasteiger partial charge on any atom is -0.397 e. The van der Waals surface area contributed by atoms with Gasteiger partial charge in [-0.15, -0.1) is 12.4 Å². The van der Waals surface area contributed by atoms with E-state index in [0.717, 1.165) is 17.9 Å². The molecule has 0 spiro atoms. The standard InChI is InChI=1S/C10H14N4.ClH/c1-6-5-13-10(14-6)7-2-3-8(11)9(12)4-7;/h2-4,6H,5,11-12H2,1H3,(H,13,14);1H/t6-;/m0./s1. The van der Waals surface area contributed by atoms with Crippen LogP contribution in [-0.4, -0.2) is 18.4 Å². The quantitative estimate of drug-likeness (QED) is 0.626. The van der Waals surface area contributed by atoms with Crippen molar-refractivity contribution in [3.05, 3.63) is 23.8 Å². The third-order valence-corrected chi connectivity index (χ3v) is 2.27. The number of nitrogen functional groups attached to an aromatic ring is 2. The maximum absolute atomic E-state index is 5.72. The van der Waals surface area contributed by atoms with E-state index in [-0.39, 0.29) is 12.4 Å². The molecule has 5 heteroatoms. The molecule has 4 nitrogen and oxygen atoms in total. The van der Waals surface area contributed by atoms with E-state index in [2.05, 4.69) is 17.2 Å². The van der Waals surface area contributed by atoms with Gasteiger partial charge in [-0.25, -0.2) is 0 Å². The second kappa shape index (κ2) is 4.40. The van der Waals surface area contributed by atoms with Crippen LogP contribution in [0.25, 0.3) is 0 Å². The van der Waals surface area contributed by atoms with E-state index in [1.807, 2.05) is 12.1 Å². The summed E-state index contributed by atoms with van der Waals surface area (Å²) in [6, 6.07) is 5.98. The minimum atomic E-state index is 0. The lowest BCUT2D eigenvalue weighted by atomic mass is 10.1. The Morgan fingerprint density at radius 3 is 2.60 bits per heavy atom. The van der Waals surface area contributed by atoms with Crippen LogP contribution in [0.3, 0.4) is 0 Å². The molecule has 0 unspecified atom stereocenters. The molecule has 2 rings (SSSR count). The Hall–Kier alpha value is -1.42. The highest BCUT2D eigenvalue weighted by Gasteiger charge is 2.14. The second-order valence-electron chi connectivity index (χ2n) is 3.58. The molecule has 1 aromatic carbocycles. The van der Waals surface area contributed by atoms with Crippen LogP contribution in [0.5, 0.6) is 0 Å². The van der Waals surface area contributed by atoms with Gasteiger partial charge < -0.3 is 16.8 Å². The number of halogens is 1. The summed E-state index contributed by atoms with van der Waals surface area (Å²) in [4.78, 5) is 4.37. The Morgan fingerprint density at radius 2 is 2.07 bits per heavy atom. The number of nitrogens with zero attached hydrogens (tertiary/aromatic N) is 1. The largest absolute Gasteiger partial charge is 0.397 e.